The first kappa shape index (κ1) is 12.9. The standard InChI is InChI=1S/C13H14ClNO3/c1-2-17-12(16)13(6-7-18-15-13)9-10-4-3-5-11(14)8-10/h3-8,15H,2,9H2,1H3. The number of hydroxylamine groups is 1. The van der Waals surface area contributed by atoms with E-state index in [9.17, 15) is 4.79 Å². The van der Waals surface area contributed by atoms with E-state index in [1.165, 1.54) is 6.26 Å². The Labute approximate surface area is 110 Å². The SMILES string of the molecule is CCOC(=O)C1(Cc2cccc(Cl)c2)C=CON1. The van der Waals surface area contributed by atoms with Crippen LogP contribution in [0.2, 0.25) is 5.02 Å². The summed E-state index contributed by atoms with van der Waals surface area (Å²) in [5, 5.41) is 0.634. The number of carbonyl (C=O) groups is 1. The van der Waals surface area contributed by atoms with Crippen molar-refractivity contribution in [3.05, 3.63) is 47.2 Å². The molecule has 2 rings (SSSR count). The average molecular weight is 268 g/mol. The van der Waals surface area contributed by atoms with Gasteiger partial charge in [0.05, 0.1) is 6.61 Å². The fourth-order valence-corrected chi connectivity index (χ4v) is 2.04. The molecule has 1 aromatic rings. The van der Waals surface area contributed by atoms with Crippen LogP contribution in [0.4, 0.5) is 0 Å². The number of halogens is 1. The first-order valence-electron chi connectivity index (χ1n) is 5.68. The molecule has 96 valence electrons. The van der Waals surface area contributed by atoms with E-state index in [2.05, 4.69) is 5.48 Å². The van der Waals surface area contributed by atoms with E-state index in [1.807, 2.05) is 18.2 Å². The minimum atomic E-state index is -0.972. The fourth-order valence-electron chi connectivity index (χ4n) is 1.83. The molecule has 1 unspecified atom stereocenters. The number of ether oxygens (including phenoxy) is 1. The van der Waals surface area contributed by atoms with Crippen LogP contribution in [-0.2, 0) is 20.8 Å². The van der Waals surface area contributed by atoms with E-state index in [1.54, 1.807) is 19.1 Å². The summed E-state index contributed by atoms with van der Waals surface area (Å²) in [5.74, 6) is -0.362. The molecule has 0 spiro atoms. The lowest BCUT2D eigenvalue weighted by atomic mass is 9.92. The van der Waals surface area contributed by atoms with Gasteiger partial charge in [0.2, 0.25) is 0 Å². The molecule has 1 atom stereocenters. The molecule has 4 nitrogen and oxygen atoms in total. The van der Waals surface area contributed by atoms with Gasteiger partial charge in [-0.3, -0.25) is 0 Å². The Balaban J connectivity index is 2.21. The summed E-state index contributed by atoms with van der Waals surface area (Å²) in [6, 6.07) is 7.35. The van der Waals surface area contributed by atoms with Gasteiger partial charge in [-0.2, -0.15) is 0 Å². The Morgan fingerprint density at radius 2 is 2.39 bits per heavy atom. The van der Waals surface area contributed by atoms with Crippen molar-refractivity contribution in [3.8, 4) is 0 Å². The predicted molar refractivity (Wildman–Crippen MR) is 67.9 cm³/mol. The molecule has 18 heavy (non-hydrogen) atoms. The zero-order valence-corrected chi connectivity index (χ0v) is 10.7. The highest BCUT2D eigenvalue weighted by Gasteiger charge is 2.41. The maximum Gasteiger partial charge on any atom is 0.334 e. The van der Waals surface area contributed by atoms with E-state index in [0.717, 1.165) is 5.56 Å². The van der Waals surface area contributed by atoms with Gasteiger partial charge < -0.3 is 9.57 Å². The Kier molecular flexibility index (Phi) is 3.89. The molecular weight excluding hydrogens is 254 g/mol. The van der Waals surface area contributed by atoms with Gasteiger partial charge >= 0.3 is 5.97 Å². The Morgan fingerprint density at radius 3 is 3.00 bits per heavy atom. The highest BCUT2D eigenvalue weighted by Crippen LogP contribution is 2.23. The first-order valence-corrected chi connectivity index (χ1v) is 6.06. The predicted octanol–water partition coefficient (Wildman–Crippen LogP) is 2.23. The maximum absolute atomic E-state index is 12.0. The molecule has 5 heteroatoms. The van der Waals surface area contributed by atoms with Crippen molar-refractivity contribution in [2.45, 2.75) is 18.9 Å². The third-order valence-electron chi connectivity index (χ3n) is 2.67. The highest BCUT2D eigenvalue weighted by molar-refractivity contribution is 6.30. The van der Waals surface area contributed by atoms with Crippen molar-refractivity contribution in [1.82, 2.24) is 5.48 Å². The van der Waals surface area contributed by atoms with E-state index in [4.69, 9.17) is 21.2 Å². The van der Waals surface area contributed by atoms with Gasteiger partial charge in [0.25, 0.3) is 0 Å². The second kappa shape index (κ2) is 5.42. The minimum Gasteiger partial charge on any atom is -0.464 e. The van der Waals surface area contributed by atoms with Gasteiger partial charge in [-0.1, -0.05) is 23.7 Å². The van der Waals surface area contributed by atoms with Crippen LogP contribution in [0.1, 0.15) is 12.5 Å². The molecule has 1 heterocycles. The van der Waals surface area contributed by atoms with Crippen LogP contribution in [0.25, 0.3) is 0 Å². The van der Waals surface area contributed by atoms with Crippen LogP contribution in [0, 0.1) is 0 Å². The van der Waals surface area contributed by atoms with Crippen LogP contribution < -0.4 is 5.48 Å². The molecule has 0 aromatic heterocycles. The lowest BCUT2D eigenvalue weighted by Gasteiger charge is -2.23. The number of hydrogen-bond donors (Lipinski definition) is 1. The van der Waals surface area contributed by atoms with E-state index in [-0.39, 0.29) is 5.97 Å². The number of nitrogens with one attached hydrogen (secondary N) is 1. The van der Waals surface area contributed by atoms with Crippen molar-refractivity contribution >= 4 is 17.6 Å². The number of carbonyl (C=O) groups excluding carboxylic acids is 1. The number of benzene rings is 1. The second-order valence-electron chi connectivity index (χ2n) is 4.02. The monoisotopic (exact) mass is 267 g/mol. The molecule has 0 amide bonds. The molecule has 0 fully saturated rings. The Morgan fingerprint density at radius 1 is 1.56 bits per heavy atom. The van der Waals surface area contributed by atoms with Gasteiger partial charge in [-0.05, 0) is 30.7 Å². The van der Waals surface area contributed by atoms with Crippen LogP contribution in [0.3, 0.4) is 0 Å². The van der Waals surface area contributed by atoms with Gasteiger partial charge in [0.1, 0.15) is 6.26 Å². The third-order valence-corrected chi connectivity index (χ3v) is 2.91. The Bertz CT molecular complexity index is 475. The summed E-state index contributed by atoms with van der Waals surface area (Å²) in [4.78, 5) is 17.0. The summed E-state index contributed by atoms with van der Waals surface area (Å²) < 4.78 is 5.07. The highest BCUT2D eigenvalue weighted by atomic mass is 35.5. The number of rotatable bonds is 4. The molecule has 0 radical (unpaired) electrons. The summed E-state index contributed by atoms with van der Waals surface area (Å²) in [5.41, 5.74) is 2.65. The zero-order valence-electron chi connectivity index (χ0n) is 9.98. The van der Waals surface area contributed by atoms with Crippen molar-refractivity contribution in [1.29, 1.82) is 0 Å². The molecule has 1 aliphatic heterocycles. The molecule has 0 saturated carbocycles. The topological polar surface area (TPSA) is 47.6 Å². The summed E-state index contributed by atoms with van der Waals surface area (Å²) in [6.07, 6.45) is 3.52. The molecule has 0 saturated heterocycles. The Hall–Kier alpha value is -1.52. The summed E-state index contributed by atoms with van der Waals surface area (Å²) in [7, 11) is 0. The zero-order chi connectivity index (χ0) is 13.0. The smallest absolute Gasteiger partial charge is 0.334 e. The van der Waals surface area contributed by atoms with Crippen molar-refractivity contribution < 1.29 is 14.4 Å². The molecule has 1 N–H and O–H groups in total. The first-order chi connectivity index (χ1) is 8.66. The van der Waals surface area contributed by atoms with Gasteiger partial charge in [-0.15, -0.1) is 5.48 Å². The normalized spacial score (nSPS) is 21.7. The summed E-state index contributed by atoms with van der Waals surface area (Å²) in [6.45, 7) is 2.09. The van der Waals surface area contributed by atoms with Crippen LogP contribution >= 0.6 is 11.6 Å². The van der Waals surface area contributed by atoms with Crippen molar-refractivity contribution in [2.75, 3.05) is 6.61 Å². The van der Waals surface area contributed by atoms with Gasteiger partial charge in [0.15, 0.2) is 5.54 Å². The van der Waals surface area contributed by atoms with Crippen LogP contribution in [0.15, 0.2) is 36.6 Å². The van der Waals surface area contributed by atoms with E-state index < -0.39 is 5.54 Å². The lowest BCUT2D eigenvalue weighted by molar-refractivity contribution is -0.151. The van der Waals surface area contributed by atoms with Crippen molar-refractivity contribution in [3.63, 3.8) is 0 Å². The molecule has 1 aromatic carbocycles. The third kappa shape index (κ3) is 2.66. The number of hydrogen-bond acceptors (Lipinski definition) is 4. The average Bonchev–Trinajstić information content (AvgIpc) is 2.79. The minimum absolute atomic E-state index is 0.325. The van der Waals surface area contributed by atoms with Gasteiger partial charge in [-0.25, -0.2) is 4.79 Å². The molecule has 0 bridgehead atoms. The molecule has 1 aliphatic rings. The van der Waals surface area contributed by atoms with E-state index >= 15 is 0 Å². The molecular formula is C13H14ClNO3. The number of esters is 1. The summed E-state index contributed by atoms with van der Waals surface area (Å²) >= 11 is 5.93. The lowest BCUT2D eigenvalue weighted by Crippen LogP contribution is -2.49. The maximum atomic E-state index is 12.0. The molecule has 0 aliphatic carbocycles. The van der Waals surface area contributed by atoms with Crippen LogP contribution in [-0.4, -0.2) is 18.1 Å². The van der Waals surface area contributed by atoms with E-state index in [0.29, 0.717) is 18.1 Å². The van der Waals surface area contributed by atoms with Crippen molar-refractivity contribution in [2.24, 2.45) is 0 Å². The quantitative estimate of drug-likeness (QED) is 0.850. The fraction of sp³-hybridized carbons (Fsp3) is 0.308. The largest absolute Gasteiger partial charge is 0.464 e. The van der Waals surface area contributed by atoms with Crippen LogP contribution in [0.5, 0.6) is 0 Å². The second-order valence-corrected chi connectivity index (χ2v) is 4.46. The van der Waals surface area contributed by atoms with Gasteiger partial charge in [0, 0.05) is 11.4 Å².